The number of carbonyl (C=O) groups excluding carboxylic acids is 1. The number of hydrogen-bond donors (Lipinski definition) is 3. The lowest BCUT2D eigenvalue weighted by atomic mass is 10.1. The minimum Gasteiger partial charge on any atom is -0.444 e. The number of ether oxygens (including phenoxy) is 1. The highest BCUT2D eigenvalue weighted by molar-refractivity contribution is 5.79. The van der Waals surface area contributed by atoms with Crippen LogP contribution in [0, 0.1) is 11.6 Å². The first-order chi connectivity index (χ1) is 12.2. The molecule has 0 fully saturated rings. The fraction of sp³-hybridized carbons (Fsp3) is 0.556. The zero-order valence-corrected chi connectivity index (χ0v) is 15.8. The lowest BCUT2D eigenvalue weighted by molar-refractivity contribution is 0.0529. The molecule has 1 amide bonds. The molecule has 0 bridgehead atoms. The fourth-order valence-corrected chi connectivity index (χ4v) is 2.02. The van der Waals surface area contributed by atoms with E-state index < -0.39 is 23.3 Å². The topological polar surface area (TPSA) is 74.8 Å². The molecule has 1 rings (SSSR count). The second-order valence-corrected chi connectivity index (χ2v) is 6.60. The van der Waals surface area contributed by atoms with Crippen LogP contribution in [0.15, 0.2) is 23.2 Å². The van der Waals surface area contributed by atoms with E-state index >= 15 is 0 Å². The highest BCUT2D eigenvalue weighted by Crippen LogP contribution is 2.10. The van der Waals surface area contributed by atoms with Gasteiger partial charge in [-0.25, -0.2) is 13.6 Å². The van der Waals surface area contributed by atoms with Gasteiger partial charge in [0.1, 0.15) is 17.2 Å². The van der Waals surface area contributed by atoms with Crippen LogP contribution >= 0.6 is 0 Å². The van der Waals surface area contributed by atoms with E-state index in [2.05, 4.69) is 20.9 Å². The molecule has 3 N–H and O–H groups in total. The van der Waals surface area contributed by atoms with Crippen LogP contribution in [0.1, 0.15) is 33.3 Å². The minimum absolute atomic E-state index is 0.288. The molecule has 26 heavy (non-hydrogen) atoms. The number of carbonyl (C=O) groups is 1. The van der Waals surface area contributed by atoms with Gasteiger partial charge in [0.2, 0.25) is 0 Å². The Balaban J connectivity index is 2.41. The first-order valence-corrected chi connectivity index (χ1v) is 8.64. The van der Waals surface area contributed by atoms with Gasteiger partial charge >= 0.3 is 6.09 Å². The molecule has 0 aliphatic carbocycles. The van der Waals surface area contributed by atoms with E-state index in [1.54, 1.807) is 20.8 Å². The number of rotatable bonds is 7. The van der Waals surface area contributed by atoms with Crippen molar-refractivity contribution in [1.29, 1.82) is 0 Å². The number of nitrogens with zero attached hydrogens (tertiary/aromatic N) is 1. The monoisotopic (exact) mass is 370 g/mol. The summed E-state index contributed by atoms with van der Waals surface area (Å²) in [5.41, 5.74) is -0.253. The van der Waals surface area contributed by atoms with Crippen LogP contribution in [0.2, 0.25) is 0 Å². The molecule has 0 atom stereocenters. The van der Waals surface area contributed by atoms with Crippen LogP contribution in [-0.2, 0) is 11.2 Å². The van der Waals surface area contributed by atoms with E-state index in [0.29, 0.717) is 32.1 Å². The van der Waals surface area contributed by atoms with E-state index in [9.17, 15) is 13.6 Å². The molecule has 0 unspecified atom stereocenters. The summed E-state index contributed by atoms with van der Waals surface area (Å²) in [6, 6.07) is 3.38. The summed E-state index contributed by atoms with van der Waals surface area (Å²) in [7, 11) is 0. The molecule has 8 heteroatoms. The Labute approximate surface area is 153 Å². The van der Waals surface area contributed by atoms with Crippen LogP contribution in [0.25, 0.3) is 0 Å². The lowest BCUT2D eigenvalue weighted by Gasteiger charge is -2.19. The van der Waals surface area contributed by atoms with Crippen LogP contribution in [0.3, 0.4) is 0 Å². The third-order valence-corrected chi connectivity index (χ3v) is 3.09. The first-order valence-electron chi connectivity index (χ1n) is 8.64. The van der Waals surface area contributed by atoms with Crippen molar-refractivity contribution in [3.8, 4) is 0 Å². The number of amides is 1. The second kappa shape index (κ2) is 10.6. The van der Waals surface area contributed by atoms with Crippen molar-refractivity contribution in [2.45, 2.75) is 39.7 Å². The molecule has 1 aromatic carbocycles. The zero-order valence-electron chi connectivity index (χ0n) is 15.8. The average molecular weight is 370 g/mol. The SMILES string of the molecule is CCNC(=NCCc1cc(F)ccc1F)NCCNC(=O)OC(C)(C)C. The maximum atomic E-state index is 13.6. The van der Waals surface area contributed by atoms with Crippen LogP contribution in [0.4, 0.5) is 13.6 Å². The number of hydrogen-bond acceptors (Lipinski definition) is 3. The number of benzene rings is 1. The largest absolute Gasteiger partial charge is 0.444 e. The van der Waals surface area contributed by atoms with E-state index in [0.717, 1.165) is 12.1 Å². The standard InChI is InChI=1S/C18H28F2N4O2/c1-5-21-16(23-10-11-24-17(25)26-18(2,3)4)22-9-8-13-12-14(19)6-7-15(13)20/h6-7,12H,5,8-11H2,1-4H3,(H,24,25)(H2,21,22,23). The van der Waals surface area contributed by atoms with Crippen molar-refractivity contribution in [1.82, 2.24) is 16.0 Å². The molecule has 0 heterocycles. The molecule has 146 valence electrons. The van der Waals surface area contributed by atoms with E-state index in [-0.39, 0.29) is 12.0 Å². The average Bonchev–Trinajstić information content (AvgIpc) is 2.53. The van der Waals surface area contributed by atoms with Gasteiger partial charge in [-0.1, -0.05) is 0 Å². The van der Waals surface area contributed by atoms with E-state index in [4.69, 9.17) is 4.74 Å². The van der Waals surface area contributed by atoms with Gasteiger partial charge in [0.05, 0.1) is 0 Å². The van der Waals surface area contributed by atoms with Crippen molar-refractivity contribution in [2.75, 3.05) is 26.2 Å². The molecule has 0 aliphatic rings. The van der Waals surface area contributed by atoms with Crippen molar-refractivity contribution >= 4 is 12.1 Å². The second-order valence-electron chi connectivity index (χ2n) is 6.60. The molecule has 0 saturated carbocycles. The van der Waals surface area contributed by atoms with Gasteiger partial charge in [-0.05, 0) is 57.9 Å². The molecule has 0 saturated heterocycles. The Bertz CT molecular complexity index is 616. The van der Waals surface area contributed by atoms with Crippen LogP contribution in [0.5, 0.6) is 0 Å². The zero-order chi connectivity index (χ0) is 19.6. The number of alkyl carbamates (subject to hydrolysis) is 1. The third kappa shape index (κ3) is 9.19. The molecule has 6 nitrogen and oxygen atoms in total. The molecular formula is C18H28F2N4O2. The first kappa shape index (κ1) is 21.7. The summed E-state index contributed by atoms with van der Waals surface area (Å²) in [6.45, 7) is 9.06. The van der Waals surface area contributed by atoms with Gasteiger partial charge in [0, 0.05) is 26.2 Å². The Morgan fingerprint density at radius 3 is 2.50 bits per heavy atom. The predicted octanol–water partition coefficient (Wildman–Crippen LogP) is 2.59. The summed E-state index contributed by atoms with van der Waals surface area (Å²) in [6.07, 6.45) is -0.195. The summed E-state index contributed by atoms with van der Waals surface area (Å²) >= 11 is 0. The fourth-order valence-electron chi connectivity index (χ4n) is 2.02. The van der Waals surface area contributed by atoms with Crippen LogP contribution < -0.4 is 16.0 Å². The Hall–Kier alpha value is -2.38. The van der Waals surface area contributed by atoms with Gasteiger partial charge < -0.3 is 20.7 Å². The Morgan fingerprint density at radius 1 is 1.15 bits per heavy atom. The predicted molar refractivity (Wildman–Crippen MR) is 98.3 cm³/mol. The van der Waals surface area contributed by atoms with E-state index in [1.165, 1.54) is 6.07 Å². The smallest absolute Gasteiger partial charge is 0.407 e. The summed E-state index contributed by atoms with van der Waals surface area (Å²) in [5, 5.41) is 8.73. The summed E-state index contributed by atoms with van der Waals surface area (Å²) in [5.74, 6) is -0.375. The number of aliphatic imine (C=N–C) groups is 1. The van der Waals surface area contributed by atoms with Gasteiger partial charge in [-0.2, -0.15) is 0 Å². The third-order valence-electron chi connectivity index (χ3n) is 3.09. The highest BCUT2D eigenvalue weighted by atomic mass is 19.1. The minimum atomic E-state index is -0.542. The van der Waals surface area contributed by atoms with Gasteiger partial charge in [-0.15, -0.1) is 0 Å². The maximum absolute atomic E-state index is 13.6. The lowest BCUT2D eigenvalue weighted by Crippen LogP contribution is -2.42. The van der Waals surface area contributed by atoms with Crippen molar-refractivity contribution < 1.29 is 18.3 Å². The molecule has 0 aliphatic heterocycles. The van der Waals surface area contributed by atoms with Gasteiger partial charge in [0.25, 0.3) is 0 Å². The quantitative estimate of drug-likeness (QED) is 0.392. The molecule has 0 spiro atoms. The van der Waals surface area contributed by atoms with E-state index in [1.807, 2.05) is 6.92 Å². The normalized spacial score (nSPS) is 11.8. The Morgan fingerprint density at radius 2 is 1.85 bits per heavy atom. The molecule has 0 aromatic heterocycles. The Kier molecular flexibility index (Phi) is 8.81. The highest BCUT2D eigenvalue weighted by Gasteiger charge is 2.15. The number of guanidine groups is 1. The molecular weight excluding hydrogens is 342 g/mol. The maximum Gasteiger partial charge on any atom is 0.407 e. The number of nitrogens with one attached hydrogen (secondary N) is 3. The number of halogens is 2. The van der Waals surface area contributed by atoms with Crippen LogP contribution in [-0.4, -0.2) is 43.8 Å². The molecule has 0 radical (unpaired) electrons. The molecule has 1 aromatic rings. The van der Waals surface area contributed by atoms with Gasteiger partial charge in [-0.3, -0.25) is 4.99 Å². The van der Waals surface area contributed by atoms with Crippen molar-refractivity contribution in [3.05, 3.63) is 35.4 Å². The van der Waals surface area contributed by atoms with Crippen molar-refractivity contribution in [3.63, 3.8) is 0 Å². The van der Waals surface area contributed by atoms with Crippen molar-refractivity contribution in [2.24, 2.45) is 4.99 Å². The summed E-state index contributed by atoms with van der Waals surface area (Å²) in [4.78, 5) is 15.9. The van der Waals surface area contributed by atoms with Gasteiger partial charge in [0.15, 0.2) is 5.96 Å². The summed E-state index contributed by atoms with van der Waals surface area (Å²) < 4.78 is 31.9.